The molecule has 0 saturated carbocycles. The van der Waals surface area contributed by atoms with E-state index in [4.69, 9.17) is 0 Å². The molecule has 0 unspecified atom stereocenters. The van der Waals surface area contributed by atoms with E-state index >= 15 is 0 Å². The van der Waals surface area contributed by atoms with E-state index in [1.807, 2.05) is 17.8 Å². The SMILES string of the molecule is C=CC1=C(C)C(C)(C)c2cc(N(c3ccccc3)c3ccc(-c4cccc5c4C4(c6cc(-c7ccccc7)ccc6Sc6ccc(-c7ccccc7)cc64)c4ccccc4-5)cc3)ccc21. The highest BCUT2D eigenvalue weighted by atomic mass is 32.2. The highest BCUT2D eigenvalue weighted by Gasteiger charge is 2.51. The molecule has 0 fully saturated rings. The lowest BCUT2D eigenvalue weighted by molar-refractivity contribution is 0.639. The lowest BCUT2D eigenvalue weighted by atomic mass is 9.65. The topological polar surface area (TPSA) is 3.24 Å². The molecule has 0 amide bonds. The molecular weight excluding hydrogens is 803 g/mol. The van der Waals surface area contributed by atoms with Crippen molar-refractivity contribution in [2.45, 2.75) is 41.4 Å². The molecule has 9 aromatic carbocycles. The molecule has 1 heterocycles. The van der Waals surface area contributed by atoms with Crippen LogP contribution >= 0.6 is 11.8 Å². The first-order chi connectivity index (χ1) is 31.9. The molecule has 2 aliphatic carbocycles. The second kappa shape index (κ2) is 15.1. The molecule has 0 bridgehead atoms. The van der Waals surface area contributed by atoms with Crippen LogP contribution in [0.1, 0.15) is 54.2 Å². The van der Waals surface area contributed by atoms with Crippen LogP contribution in [0.25, 0.3) is 50.1 Å². The summed E-state index contributed by atoms with van der Waals surface area (Å²) in [6.45, 7) is 11.1. The monoisotopic (exact) mass is 849 g/mol. The molecule has 12 rings (SSSR count). The van der Waals surface area contributed by atoms with Gasteiger partial charge in [-0.2, -0.15) is 0 Å². The van der Waals surface area contributed by atoms with Gasteiger partial charge in [0.25, 0.3) is 0 Å². The average molecular weight is 850 g/mol. The standard InChI is InChI=1S/C63H47NS/c1-5-50-41(2)62(3,4)56-40-49(34-35-53(50)56)64(47-22-13-8-14-23-47)48-32-28-44(29-33-48)51-25-17-26-54-52-24-15-16-27-55(52)63(61(51)54)57-38-45(42-18-9-6-10-19-42)30-36-59(57)65-60-37-31-46(39-58(60)63)43-20-11-7-12-21-43/h5-40H,1H2,2-4H3. The van der Waals surface area contributed by atoms with Crippen molar-refractivity contribution in [3.63, 3.8) is 0 Å². The molecule has 0 radical (unpaired) electrons. The van der Waals surface area contributed by atoms with Crippen LogP contribution in [0.5, 0.6) is 0 Å². The zero-order valence-electron chi connectivity index (χ0n) is 36.8. The van der Waals surface area contributed by atoms with E-state index in [0.717, 1.165) is 17.1 Å². The Morgan fingerprint density at radius 3 is 1.57 bits per heavy atom. The summed E-state index contributed by atoms with van der Waals surface area (Å²) in [6, 6.07) is 79.2. The summed E-state index contributed by atoms with van der Waals surface area (Å²) in [4.78, 5) is 4.98. The van der Waals surface area contributed by atoms with Gasteiger partial charge in [-0.3, -0.25) is 0 Å². The summed E-state index contributed by atoms with van der Waals surface area (Å²) in [5, 5.41) is 0. The predicted octanol–water partition coefficient (Wildman–Crippen LogP) is 17.2. The summed E-state index contributed by atoms with van der Waals surface area (Å²) in [5.74, 6) is 0. The number of allylic oxidation sites excluding steroid dienone is 3. The van der Waals surface area contributed by atoms with Gasteiger partial charge in [-0.05, 0) is 151 Å². The lowest BCUT2D eigenvalue weighted by Crippen LogP contribution is -2.32. The summed E-state index contributed by atoms with van der Waals surface area (Å²) in [6.07, 6.45) is 2.02. The summed E-state index contributed by atoms with van der Waals surface area (Å²) < 4.78 is 0. The van der Waals surface area contributed by atoms with E-state index < -0.39 is 5.41 Å². The quantitative estimate of drug-likeness (QED) is 0.157. The molecule has 9 aromatic rings. The number of hydrogen-bond donors (Lipinski definition) is 0. The van der Waals surface area contributed by atoms with E-state index in [1.165, 1.54) is 98.8 Å². The van der Waals surface area contributed by atoms with E-state index in [9.17, 15) is 0 Å². The Bertz CT molecular complexity index is 3290. The number of nitrogens with zero attached hydrogens (tertiary/aromatic N) is 1. The molecule has 65 heavy (non-hydrogen) atoms. The van der Waals surface area contributed by atoms with E-state index in [0.29, 0.717) is 0 Å². The third kappa shape index (κ3) is 5.94. The Morgan fingerprint density at radius 2 is 0.938 bits per heavy atom. The number of rotatable bonds is 7. The molecule has 0 atom stereocenters. The fraction of sp³-hybridized carbons (Fsp3) is 0.0794. The summed E-state index contributed by atoms with van der Waals surface area (Å²) in [5.41, 5.74) is 23.1. The second-order valence-corrected chi connectivity index (χ2v) is 19.2. The first-order valence-electron chi connectivity index (χ1n) is 22.6. The van der Waals surface area contributed by atoms with Crippen LogP contribution in [-0.4, -0.2) is 0 Å². The molecular formula is C63H47NS. The minimum Gasteiger partial charge on any atom is -0.310 e. The van der Waals surface area contributed by atoms with Gasteiger partial charge in [-0.1, -0.05) is 195 Å². The van der Waals surface area contributed by atoms with Gasteiger partial charge in [0.1, 0.15) is 0 Å². The molecule has 0 aromatic heterocycles. The fourth-order valence-electron chi connectivity index (χ4n) is 11.1. The van der Waals surface area contributed by atoms with Gasteiger partial charge in [0.15, 0.2) is 0 Å². The lowest BCUT2D eigenvalue weighted by Gasteiger charge is -2.41. The number of anilines is 3. The van der Waals surface area contributed by atoms with Crippen LogP contribution in [0.4, 0.5) is 17.1 Å². The third-order valence-electron chi connectivity index (χ3n) is 14.5. The molecule has 2 heteroatoms. The molecule has 0 N–H and O–H groups in total. The van der Waals surface area contributed by atoms with Gasteiger partial charge in [0.2, 0.25) is 0 Å². The van der Waals surface area contributed by atoms with Crippen LogP contribution < -0.4 is 4.90 Å². The third-order valence-corrected chi connectivity index (χ3v) is 15.6. The summed E-state index contributed by atoms with van der Waals surface area (Å²) >= 11 is 1.90. The highest BCUT2D eigenvalue weighted by Crippen LogP contribution is 2.64. The average Bonchev–Trinajstić information content (AvgIpc) is 3.76. The normalized spacial score (nSPS) is 14.6. The largest absolute Gasteiger partial charge is 0.310 e. The number of para-hydroxylation sites is 1. The first kappa shape index (κ1) is 39.2. The number of fused-ring (bicyclic) bond motifs is 10. The van der Waals surface area contributed by atoms with Crippen LogP contribution in [0, 0.1) is 0 Å². The maximum Gasteiger partial charge on any atom is 0.0741 e. The molecule has 310 valence electrons. The molecule has 3 aliphatic rings. The Morgan fingerprint density at radius 1 is 0.415 bits per heavy atom. The number of hydrogen-bond acceptors (Lipinski definition) is 2. The van der Waals surface area contributed by atoms with E-state index in [1.54, 1.807) is 0 Å². The zero-order valence-corrected chi connectivity index (χ0v) is 37.7. The molecule has 1 spiro atoms. The predicted molar refractivity (Wildman–Crippen MR) is 275 cm³/mol. The van der Waals surface area contributed by atoms with Crippen LogP contribution in [0.15, 0.2) is 240 Å². The van der Waals surface area contributed by atoms with Gasteiger partial charge in [0, 0.05) is 32.3 Å². The van der Waals surface area contributed by atoms with Crippen molar-refractivity contribution < 1.29 is 0 Å². The Balaban J connectivity index is 1.07. The van der Waals surface area contributed by atoms with E-state index in [-0.39, 0.29) is 5.41 Å². The Hall–Kier alpha value is -7.39. The first-order valence-corrected chi connectivity index (χ1v) is 23.4. The smallest absolute Gasteiger partial charge is 0.0741 e. The van der Waals surface area contributed by atoms with Gasteiger partial charge in [-0.25, -0.2) is 0 Å². The minimum atomic E-state index is -0.587. The van der Waals surface area contributed by atoms with Crippen molar-refractivity contribution in [2.75, 3.05) is 4.90 Å². The fourth-order valence-corrected chi connectivity index (χ4v) is 12.3. The van der Waals surface area contributed by atoms with Crippen LogP contribution in [0.2, 0.25) is 0 Å². The van der Waals surface area contributed by atoms with Gasteiger partial charge in [-0.15, -0.1) is 0 Å². The second-order valence-electron chi connectivity index (χ2n) is 18.1. The molecule has 1 aliphatic heterocycles. The van der Waals surface area contributed by atoms with Crippen molar-refractivity contribution in [3.8, 4) is 44.5 Å². The summed E-state index contributed by atoms with van der Waals surface area (Å²) in [7, 11) is 0. The van der Waals surface area contributed by atoms with Gasteiger partial charge >= 0.3 is 0 Å². The van der Waals surface area contributed by atoms with Crippen LogP contribution in [-0.2, 0) is 10.8 Å². The maximum absolute atomic E-state index is 4.19. The van der Waals surface area contributed by atoms with Crippen molar-refractivity contribution in [2.24, 2.45) is 0 Å². The maximum atomic E-state index is 4.19. The Labute approximate surface area is 387 Å². The van der Waals surface area contributed by atoms with Crippen molar-refractivity contribution in [1.82, 2.24) is 0 Å². The minimum absolute atomic E-state index is 0.0963. The molecule has 1 nitrogen and oxygen atoms in total. The zero-order chi connectivity index (χ0) is 43.9. The van der Waals surface area contributed by atoms with Gasteiger partial charge in [0.05, 0.1) is 5.41 Å². The van der Waals surface area contributed by atoms with Crippen molar-refractivity contribution in [1.29, 1.82) is 0 Å². The van der Waals surface area contributed by atoms with Crippen LogP contribution in [0.3, 0.4) is 0 Å². The van der Waals surface area contributed by atoms with E-state index in [2.05, 4.69) is 245 Å². The molecule has 0 saturated heterocycles. The van der Waals surface area contributed by atoms with Crippen molar-refractivity contribution in [3.05, 3.63) is 264 Å². The van der Waals surface area contributed by atoms with Gasteiger partial charge < -0.3 is 4.90 Å². The number of benzene rings is 9. The Kier molecular flexibility index (Phi) is 9.12. The highest BCUT2D eigenvalue weighted by molar-refractivity contribution is 7.99. The van der Waals surface area contributed by atoms with Crippen molar-refractivity contribution >= 4 is 34.4 Å².